The Balaban J connectivity index is 1.60. The van der Waals surface area contributed by atoms with E-state index in [1.807, 2.05) is 10.9 Å². The Morgan fingerprint density at radius 3 is 2.62 bits per heavy atom. The third kappa shape index (κ3) is 3.20. The zero-order chi connectivity index (χ0) is 17.3. The van der Waals surface area contributed by atoms with Gasteiger partial charge in [-0.05, 0) is 37.7 Å². The molecule has 1 fully saturated rings. The summed E-state index contributed by atoms with van der Waals surface area (Å²) in [7, 11) is 2.70. The molecule has 1 aromatic rings. The molecule has 7 nitrogen and oxygen atoms in total. The summed E-state index contributed by atoms with van der Waals surface area (Å²) in [6.07, 6.45) is 5.41. The molecular formula is C17H22N2O5. The van der Waals surface area contributed by atoms with Gasteiger partial charge >= 0.3 is 11.9 Å². The molecule has 0 radical (unpaired) electrons. The average molecular weight is 334 g/mol. The van der Waals surface area contributed by atoms with Gasteiger partial charge in [0, 0.05) is 12.1 Å². The lowest BCUT2D eigenvalue weighted by atomic mass is 9.80. The number of ether oxygens (including phenoxy) is 2. The Morgan fingerprint density at radius 1 is 1.21 bits per heavy atom. The summed E-state index contributed by atoms with van der Waals surface area (Å²) in [6, 6.07) is 0.226. The third-order valence-corrected chi connectivity index (χ3v) is 5.11. The van der Waals surface area contributed by atoms with Crippen LogP contribution in [-0.2, 0) is 36.7 Å². The van der Waals surface area contributed by atoms with Crippen molar-refractivity contribution in [3.05, 3.63) is 17.5 Å². The molecule has 0 saturated heterocycles. The van der Waals surface area contributed by atoms with Gasteiger partial charge in [-0.15, -0.1) is 0 Å². The quantitative estimate of drug-likeness (QED) is 0.595. The van der Waals surface area contributed by atoms with Crippen molar-refractivity contribution in [3.8, 4) is 0 Å². The molecule has 3 rings (SSSR count). The van der Waals surface area contributed by atoms with Gasteiger partial charge in [-0.25, -0.2) is 0 Å². The highest BCUT2D eigenvalue weighted by molar-refractivity contribution is 5.97. The maximum atomic E-state index is 12.2. The van der Waals surface area contributed by atoms with Gasteiger partial charge < -0.3 is 9.47 Å². The van der Waals surface area contributed by atoms with E-state index < -0.39 is 5.97 Å². The first-order valence-corrected chi connectivity index (χ1v) is 8.26. The number of hydrogen-bond acceptors (Lipinski definition) is 6. The summed E-state index contributed by atoms with van der Waals surface area (Å²) in [5.74, 6) is -0.870. The van der Waals surface area contributed by atoms with Gasteiger partial charge in [-0.1, -0.05) is 0 Å². The van der Waals surface area contributed by atoms with Crippen LogP contribution in [0.15, 0.2) is 6.20 Å². The molecule has 0 N–H and O–H groups in total. The molecule has 2 aliphatic carbocycles. The zero-order valence-electron chi connectivity index (χ0n) is 14.0. The van der Waals surface area contributed by atoms with E-state index in [9.17, 15) is 14.4 Å². The molecule has 1 atom stereocenters. The van der Waals surface area contributed by atoms with Crippen molar-refractivity contribution >= 4 is 17.7 Å². The van der Waals surface area contributed by atoms with E-state index in [4.69, 9.17) is 4.74 Å². The number of carbonyl (C=O) groups excluding carboxylic acids is 3. The first kappa shape index (κ1) is 16.7. The maximum absolute atomic E-state index is 12.2. The van der Waals surface area contributed by atoms with Crippen LogP contribution in [0.5, 0.6) is 0 Å². The molecule has 0 bridgehead atoms. The van der Waals surface area contributed by atoms with Gasteiger partial charge in [-0.2, -0.15) is 5.10 Å². The van der Waals surface area contributed by atoms with Crippen molar-refractivity contribution in [1.29, 1.82) is 0 Å². The molecule has 1 heterocycles. The highest BCUT2D eigenvalue weighted by Gasteiger charge is 2.38. The molecule has 1 aromatic heterocycles. The first-order chi connectivity index (χ1) is 11.5. The number of carbonyl (C=O) groups is 3. The number of methoxy groups -OCH3 is 2. The van der Waals surface area contributed by atoms with E-state index in [1.165, 1.54) is 14.2 Å². The number of hydrogen-bond donors (Lipinski definition) is 0. The summed E-state index contributed by atoms with van der Waals surface area (Å²) < 4.78 is 11.2. The lowest BCUT2D eigenvalue weighted by Gasteiger charge is -2.33. The van der Waals surface area contributed by atoms with Crippen LogP contribution in [0.2, 0.25) is 0 Å². The number of fused-ring (bicyclic) bond motifs is 1. The van der Waals surface area contributed by atoms with Crippen LogP contribution in [0.4, 0.5) is 0 Å². The Hall–Kier alpha value is -2.18. The van der Waals surface area contributed by atoms with Crippen LogP contribution in [0.1, 0.15) is 43.0 Å². The van der Waals surface area contributed by atoms with Crippen LogP contribution >= 0.6 is 0 Å². The van der Waals surface area contributed by atoms with Crippen LogP contribution in [0.3, 0.4) is 0 Å². The number of aryl methyl sites for hydroxylation is 1. The van der Waals surface area contributed by atoms with Gasteiger partial charge in [0.25, 0.3) is 0 Å². The number of aromatic nitrogens is 2. The van der Waals surface area contributed by atoms with E-state index in [0.29, 0.717) is 6.42 Å². The average Bonchev–Trinajstić information content (AvgIpc) is 2.95. The molecule has 130 valence electrons. The standard InChI is InChI=1S/C17H22N2O5/c1-23-16(21)8-15(20)10-3-4-14-12(5-10)9-19(18-14)13-6-11(7-13)17(22)24-2/h9-11,13H,3-8H2,1-2H3/t10?,11-,13-. The Morgan fingerprint density at radius 2 is 1.96 bits per heavy atom. The molecule has 7 heteroatoms. The van der Waals surface area contributed by atoms with Crippen LogP contribution in [0.25, 0.3) is 0 Å². The summed E-state index contributed by atoms with van der Waals surface area (Å²) in [4.78, 5) is 34.9. The molecule has 1 saturated carbocycles. The molecule has 0 aromatic carbocycles. The smallest absolute Gasteiger partial charge is 0.313 e. The molecule has 0 amide bonds. The number of ketones is 1. The highest BCUT2D eigenvalue weighted by atomic mass is 16.5. The van der Waals surface area contributed by atoms with E-state index >= 15 is 0 Å². The predicted molar refractivity (Wildman–Crippen MR) is 83.2 cm³/mol. The summed E-state index contributed by atoms with van der Waals surface area (Å²) >= 11 is 0. The SMILES string of the molecule is COC(=O)CC(=O)C1CCc2nn([C@H]3C[C@H](C(=O)OC)C3)cc2C1. The van der Waals surface area contributed by atoms with Crippen molar-refractivity contribution < 1.29 is 23.9 Å². The van der Waals surface area contributed by atoms with Gasteiger partial charge in [0.05, 0.1) is 31.9 Å². The molecule has 0 aliphatic heterocycles. The zero-order valence-corrected chi connectivity index (χ0v) is 14.0. The monoisotopic (exact) mass is 334 g/mol. The maximum Gasteiger partial charge on any atom is 0.313 e. The summed E-state index contributed by atoms with van der Waals surface area (Å²) in [5.41, 5.74) is 2.10. The number of esters is 2. The Kier molecular flexibility index (Phi) is 4.69. The minimum absolute atomic E-state index is 0.0318. The van der Waals surface area contributed by atoms with Gasteiger partial charge in [0.15, 0.2) is 0 Å². The minimum Gasteiger partial charge on any atom is -0.469 e. The molecule has 1 unspecified atom stereocenters. The van der Waals surface area contributed by atoms with Crippen LogP contribution in [-0.4, -0.2) is 41.7 Å². The summed E-state index contributed by atoms with van der Waals surface area (Å²) in [6.45, 7) is 0. The van der Waals surface area contributed by atoms with Gasteiger partial charge in [-0.3, -0.25) is 19.1 Å². The van der Waals surface area contributed by atoms with Crippen LogP contribution < -0.4 is 0 Å². The fraction of sp³-hybridized carbons (Fsp3) is 0.647. The van der Waals surface area contributed by atoms with Crippen molar-refractivity contribution in [2.45, 2.75) is 44.6 Å². The second-order valence-electron chi connectivity index (χ2n) is 6.59. The van der Waals surface area contributed by atoms with Crippen molar-refractivity contribution in [2.24, 2.45) is 11.8 Å². The normalized spacial score (nSPS) is 25.3. The first-order valence-electron chi connectivity index (χ1n) is 8.26. The van der Waals surface area contributed by atoms with Crippen LogP contribution in [0, 0.1) is 11.8 Å². The largest absolute Gasteiger partial charge is 0.469 e. The lowest BCUT2D eigenvalue weighted by Crippen LogP contribution is -2.33. The van der Waals surface area contributed by atoms with E-state index in [0.717, 1.165) is 36.9 Å². The molecular weight excluding hydrogens is 312 g/mol. The molecule has 24 heavy (non-hydrogen) atoms. The summed E-state index contributed by atoms with van der Waals surface area (Å²) in [5, 5.41) is 4.62. The topological polar surface area (TPSA) is 87.5 Å². The van der Waals surface area contributed by atoms with Gasteiger partial charge in [0.1, 0.15) is 12.2 Å². The van der Waals surface area contributed by atoms with Crippen molar-refractivity contribution in [2.75, 3.05) is 14.2 Å². The Bertz CT molecular complexity index is 660. The van der Waals surface area contributed by atoms with Crippen molar-refractivity contribution in [3.63, 3.8) is 0 Å². The highest BCUT2D eigenvalue weighted by Crippen LogP contribution is 2.39. The fourth-order valence-electron chi connectivity index (χ4n) is 3.51. The molecule has 2 aliphatic rings. The van der Waals surface area contributed by atoms with E-state index in [1.54, 1.807) is 0 Å². The lowest BCUT2D eigenvalue weighted by molar-refractivity contribution is -0.150. The van der Waals surface area contributed by atoms with E-state index in [-0.39, 0.29) is 36.1 Å². The minimum atomic E-state index is -0.482. The second kappa shape index (κ2) is 6.75. The fourth-order valence-corrected chi connectivity index (χ4v) is 3.51. The van der Waals surface area contributed by atoms with E-state index in [2.05, 4.69) is 9.84 Å². The van der Waals surface area contributed by atoms with Gasteiger partial charge in [0.2, 0.25) is 0 Å². The number of nitrogens with zero attached hydrogens (tertiary/aromatic N) is 2. The Labute approximate surface area is 140 Å². The predicted octanol–water partition coefficient (Wildman–Crippen LogP) is 1.24. The third-order valence-electron chi connectivity index (χ3n) is 5.11. The number of rotatable bonds is 5. The molecule has 0 spiro atoms. The second-order valence-corrected chi connectivity index (χ2v) is 6.59. The van der Waals surface area contributed by atoms with Crippen molar-refractivity contribution in [1.82, 2.24) is 9.78 Å². The number of Topliss-reactive ketones (excluding diaryl/α,β-unsaturated/α-hetero) is 1.